The van der Waals surface area contributed by atoms with E-state index >= 15 is 0 Å². The van der Waals surface area contributed by atoms with Crippen molar-refractivity contribution in [1.82, 2.24) is 4.98 Å². The minimum atomic E-state index is -3.24. The van der Waals surface area contributed by atoms with Gasteiger partial charge in [-0.1, -0.05) is 41.7 Å². The molecule has 0 atom stereocenters. The number of carbonyl (C=O) groups is 1. The van der Waals surface area contributed by atoms with E-state index in [9.17, 15) is 22.4 Å². The molecular weight excluding hydrogens is 372 g/mol. The molecule has 2 aromatic carbocycles. The van der Waals surface area contributed by atoms with Gasteiger partial charge in [0.1, 0.15) is 22.9 Å². The average molecular weight is 382 g/mol. The summed E-state index contributed by atoms with van der Waals surface area (Å²) in [7, 11) is 0. The van der Waals surface area contributed by atoms with Crippen molar-refractivity contribution in [2.24, 2.45) is 0 Å². The topological polar surface area (TPSA) is 51.2 Å². The zero-order chi connectivity index (χ0) is 18.7. The number of aromatic nitrogens is 1. The summed E-state index contributed by atoms with van der Waals surface area (Å²) in [6, 6.07) is 10.2. The largest absolute Gasteiger partial charge is 0.435 e. The zero-order valence-electron chi connectivity index (χ0n) is 12.9. The van der Waals surface area contributed by atoms with Crippen molar-refractivity contribution < 1.29 is 27.1 Å². The van der Waals surface area contributed by atoms with Crippen LogP contribution in [0.2, 0.25) is 0 Å². The smallest absolute Gasteiger partial charge is 0.387 e. The van der Waals surface area contributed by atoms with Gasteiger partial charge in [0.05, 0.1) is 4.88 Å². The van der Waals surface area contributed by atoms with Gasteiger partial charge >= 0.3 is 6.61 Å². The van der Waals surface area contributed by atoms with E-state index in [0.717, 1.165) is 21.8 Å². The molecule has 0 radical (unpaired) electrons. The summed E-state index contributed by atoms with van der Waals surface area (Å²) in [6.45, 7) is -3.24. The van der Waals surface area contributed by atoms with Crippen LogP contribution in [-0.2, 0) is 0 Å². The molecule has 3 rings (SSSR count). The number of amides is 1. The average Bonchev–Trinajstić information content (AvgIpc) is 3.02. The van der Waals surface area contributed by atoms with Gasteiger partial charge in [-0.05, 0) is 5.56 Å². The third kappa shape index (κ3) is 3.99. The van der Waals surface area contributed by atoms with Crippen molar-refractivity contribution in [3.05, 3.63) is 65.9 Å². The molecule has 0 unspecified atom stereocenters. The second-order valence-corrected chi connectivity index (χ2v) is 6.02. The third-order valence-electron chi connectivity index (χ3n) is 3.25. The second-order valence-electron chi connectivity index (χ2n) is 4.99. The van der Waals surface area contributed by atoms with Gasteiger partial charge in [0.2, 0.25) is 0 Å². The SMILES string of the molecule is O=C(Nc1ncc(-c2ccccc2)s1)c1c(F)cc(OC(F)F)cc1F. The van der Waals surface area contributed by atoms with Gasteiger partial charge in [0.25, 0.3) is 5.91 Å². The van der Waals surface area contributed by atoms with Gasteiger partial charge in [-0.3, -0.25) is 10.1 Å². The summed E-state index contributed by atoms with van der Waals surface area (Å²) in [6.07, 6.45) is 1.52. The highest BCUT2D eigenvalue weighted by atomic mass is 32.1. The number of benzene rings is 2. The van der Waals surface area contributed by atoms with Crippen LogP contribution >= 0.6 is 11.3 Å². The number of thiazole rings is 1. The predicted octanol–water partition coefficient (Wildman–Crippen LogP) is 4.94. The first-order valence-electron chi connectivity index (χ1n) is 7.20. The number of alkyl halides is 2. The van der Waals surface area contributed by atoms with Crippen LogP contribution in [0.25, 0.3) is 10.4 Å². The molecule has 0 aliphatic rings. The number of hydrogen-bond donors (Lipinski definition) is 1. The molecule has 0 spiro atoms. The van der Waals surface area contributed by atoms with Crippen molar-refractivity contribution in [2.45, 2.75) is 6.61 Å². The first-order valence-corrected chi connectivity index (χ1v) is 8.02. The lowest BCUT2D eigenvalue weighted by atomic mass is 10.1. The Morgan fingerprint density at radius 2 is 1.77 bits per heavy atom. The van der Waals surface area contributed by atoms with Crippen LogP contribution in [0.15, 0.2) is 48.7 Å². The fourth-order valence-electron chi connectivity index (χ4n) is 2.17. The maximum Gasteiger partial charge on any atom is 0.387 e. The number of nitrogens with one attached hydrogen (secondary N) is 1. The van der Waals surface area contributed by atoms with E-state index in [1.165, 1.54) is 6.20 Å². The fraction of sp³-hybridized carbons (Fsp3) is 0.0588. The summed E-state index contributed by atoms with van der Waals surface area (Å²) in [5.41, 5.74) is -0.0422. The first kappa shape index (κ1) is 17.9. The lowest BCUT2D eigenvalue weighted by molar-refractivity contribution is -0.0501. The molecule has 0 aliphatic heterocycles. The molecule has 0 bridgehead atoms. The Morgan fingerprint density at radius 1 is 1.12 bits per heavy atom. The lowest BCUT2D eigenvalue weighted by Crippen LogP contribution is -2.16. The van der Waals surface area contributed by atoms with Crippen LogP contribution in [0.3, 0.4) is 0 Å². The third-order valence-corrected chi connectivity index (χ3v) is 4.21. The van der Waals surface area contributed by atoms with Gasteiger partial charge in [-0.25, -0.2) is 13.8 Å². The highest BCUT2D eigenvalue weighted by Crippen LogP contribution is 2.29. The Morgan fingerprint density at radius 3 is 2.38 bits per heavy atom. The van der Waals surface area contributed by atoms with Gasteiger partial charge in [0.15, 0.2) is 5.13 Å². The number of hydrogen-bond acceptors (Lipinski definition) is 4. The normalized spacial score (nSPS) is 10.8. The molecule has 0 aliphatic carbocycles. The van der Waals surface area contributed by atoms with Crippen LogP contribution < -0.4 is 10.1 Å². The van der Waals surface area contributed by atoms with Crippen molar-refractivity contribution in [1.29, 1.82) is 0 Å². The van der Waals surface area contributed by atoms with E-state index in [-0.39, 0.29) is 5.13 Å². The van der Waals surface area contributed by atoms with E-state index in [1.807, 2.05) is 30.3 Å². The van der Waals surface area contributed by atoms with Crippen LogP contribution in [-0.4, -0.2) is 17.5 Å². The van der Waals surface area contributed by atoms with Crippen LogP contribution in [0.5, 0.6) is 5.75 Å². The molecule has 0 saturated heterocycles. The number of anilines is 1. The van der Waals surface area contributed by atoms with Crippen LogP contribution in [0.1, 0.15) is 10.4 Å². The predicted molar refractivity (Wildman–Crippen MR) is 88.5 cm³/mol. The minimum absolute atomic E-state index is 0.139. The second kappa shape index (κ2) is 7.52. The lowest BCUT2D eigenvalue weighted by Gasteiger charge is -2.08. The van der Waals surface area contributed by atoms with Gasteiger partial charge < -0.3 is 4.74 Å². The number of rotatable bonds is 5. The number of nitrogens with zero attached hydrogens (tertiary/aromatic N) is 1. The van der Waals surface area contributed by atoms with E-state index in [0.29, 0.717) is 12.1 Å². The van der Waals surface area contributed by atoms with E-state index in [4.69, 9.17) is 0 Å². The van der Waals surface area contributed by atoms with Crippen LogP contribution in [0.4, 0.5) is 22.7 Å². The molecule has 134 valence electrons. The summed E-state index contributed by atoms with van der Waals surface area (Å²) in [4.78, 5) is 16.9. The van der Waals surface area contributed by atoms with Crippen molar-refractivity contribution >= 4 is 22.4 Å². The maximum absolute atomic E-state index is 13.9. The fourth-order valence-corrected chi connectivity index (χ4v) is 2.98. The van der Waals surface area contributed by atoms with Crippen molar-refractivity contribution in [3.63, 3.8) is 0 Å². The summed E-state index contributed by atoms with van der Waals surface area (Å²) in [5, 5.41) is 2.43. The molecule has 1 heterocycles. The zero-order valence-corrected chi connectivity index (χ0v) is 13.7. The molecule has 1 amide bonds. The number of halogens is 4. The monoisotopic (exact) mass is 382 g/mol. The van der Waals surface area contributed by atoms with E-state index in [1.54, 1.807) is 0 Å². The Kier molecular flexibility index (Phi) is 5.17. The number of ether oxygens (including phenoxy) is 1. The molecular formula is C17H10F4N2O2S. The Labute approximate surface area is 149 Å². The van der Waals surface area contributed by atoms with Crippen LogP contribution in [0, 0.1) is 11.6 Å². The van der Waals surface area contributed by atoms with Crippen molar-refractivity contribution in [2.75, 3.05) is 5.32 Å². The molecule has 9 heteroatoms. The van der Waals surface area contributed by atoms with E-state index < -0.39 is 35.5 Å². The Bertz CT molecular complexity index is 909. The molecule has 4 nitrogen and oxygen atoms in total. The summed E-state index contributed by atoms with van der Waals surface area (Å²) < 4.78 is 56.0. The van der Waals surface area contributed by atoms with Gasteiger partial charge in [-0.15, -0.1) is 0 Å². The van der Waals surface area contributed by atoms with Gasteiger partial charge in [0, 0.05) is 18.3 Å². The standard InChI is InChI=1S/C17H10F4N2O2S/c18-11-6-10(25-16(20)21)7-12(19)14(11)15(24)23-17-22-8-13(26-17)9-4-2-1-3-5-9/h1-8,16H,(H,22,23,24). The molecule has 0 fully saturated rings. The molecule has 26 heavy (non-hydrogen) atoms. The summed E-state index contributed by atoms with van der Waals surface area (Å²) in [5.74, 6) is -4.44. The quantitative estimate of drug-likeness (QED) is 0.636. The van der Waals surface area contributed by atoms with E-state index in [2.05, 4.69) is 15.0 Å². The Hall–Kier alpha value is -2.94. The summed E-state index contributed by atoms with van der Waals surface area (Å²) >= 11 is 1.12. The van der Waals surface area contributed by atoms with Crippen molar-refractivity contribution in [3.8, 4) is 16.2 Å². The molecule has 0 saturated carbocycles. The minimum Gasteiger partial charge on any atom is -0.435 e. The van der Waals surface area contributed by atoms with Gasteiger partial charge in [-0.2, -0.15) is 8.78 Å². The molecule has 3 aromatic rings. The number of carbonyl (C=O) groups excluding carboxylic acids is 1. The molecule has 1 aromatic heterocycles. The molecule has 1 N–H and O–H groups in total. The maximum atomic E-state index is 13.9. The highest BCUT2D eigenvalue weighted by Gasteiger charge is 2.21. The Balaban J connectivity index is 1.79. The highest BCUT2D eigenvalue weighted by molar-refractivity contribution is 7.19. The first-order chi connectivity index (χ1) is 12.4.